The molecule has 0 fully saturated rings. The van der Waals surface area contributed by atoms with Crippen molar-refractivity contribution >= 4 is 21.4 Å². The van der Waals surface area contributed by atoms with Crippen molar-refractivity contribution in [1.29, 1.82) is 0 Å². The number of benzene rings is 1. The zero-order valence-electron chi connectivity index (χ0n) is 12.3. The van der Waals surface area contributed by atoms with E-state index >= 15 is 0 Å². The van der Waals surface area contributed by atoms with Gasteiger partial charge in [0.2, 0.25) is 10.0 Å². The molecule has 1 aromatic carbocycles. The van der Waals surface area contributed by atoms with Gasteiger partial charge in [0.05, 0.1) is 18.0 Å². The van der Waals surface area contributed by atoms with Crippen LogP contribution in [0.15, 0.2) is 30.3 Å². The van der Waals surface area contributed by atoms with E-state index in [1.807, 2.05) is 44.2 Å². The molecule has 1 aromatic heterocycles. The topological polar surface area (TPSA) is 59.1 Å². The summed E-state index contributed by atoms with van der Waals surface area (Å²) in [7, 11) is -3.24. The van der Waals surface area contributed by atoms with Gasteiger partial charge in [-0.1, -0.05) is 30.3 Å². The van der Waals surface area contributed by atoms with E-state index in [9.17, 15) is 8.42 Å². The molecule has 6 heteroatoms. The molecule has 1 heterocycles. The average Bonchev–Trinajstić information content (AvgIpc) is 2.77. The minimum Gasteiger partial charge on any atom is -0.245 e. The first-order chi connectivity index (χ1) is 9.96. The van der Waals surface area contributed by atoms with Crippen LogP contribution in [-0.4, -0.2) is 19.2 Å². The highest BCUT2D eigenvalue weighted by Crippen LogP contribution is 2.16. The summed E-state index contributed by atoms with van der Waals surface area (Å²) in [5.41, 5.74) is 2.14. The summed E-state index contributed by atoms with van der Waals surface area (Å²) in [5, 5.41) is 0.816. The van der Waals surface area contributed by atoms with Crippen molar-refractivity contribution in [3.8, 4) is 0 Å². The standard InChI is InChI=1S/C15H20N2O2S2/c1-12-13(2)20-15(17-12)11-16-21(18,19)10-6-9-14-7-4-3-5-8-14/h3-5,7-8,16H,6,9-11H2,1-2H3. The molecule has 0 bridgehead atoms. The number of aromatic nitrogens is 1. The zero-order chi connectivity index (χ0) is 15.3. The Morgan fingerprint density at radius 1 is 1.19 bits per heavy atom. The Morgan fingerprint density at radius 2 is 1.90 bits per heavy atom. The molecule has 0 aliphatic heterocycles. The van der Waals surface area contributed by atoms with Crippen LogP contribution in [0.4, 0.5) is 0 Å². The summed E-state index contributed by atoms with van der Waals surface area (Å²) in [4.78, 5) is 5.47. The Morgan fingerprint density at radius 3 is 2.52 bits per heavy atom. The van der Waals surface area contributed by atoms with Crippen molar-refractivity contribution in [3.63, 3.8) is 0 Å². The average molecular weight is 324 g/mol. The number of hydrogen-bond acceptors (Lipinski definition) is 4. The summed E-state index contributed by atoms with van der Waals surface area (Å²) in [6.07, 6.45) is 1.40. The lowest BCUT2D eigenvalue weighted by atomic mass is 10.1. The van der Waals surface area contributed by atoms with Gasteiger partial charge in [-0.3, -0.25) is 0 Å². The fourth-order valence-corrected chi connectivity index (χ4v) is 3.96. The largest absolute Gasteiger partial charge is 0.245 e. The van der Waals surface area contributed by atoms with Crippen LogP contribution in [0, 0.1) is 13.8 Å². The first-order valence-corrected chi connectivity index (χ1v) is 9.37. The summed E-state index contributed by atoms with van der Waals surface area (Å²) < 4.78 is 26.5. The first kappa shape index (κ1) is 16.1. The number of hydrogen-bond donors (Lipinski definition) is 1. The first-order valence-electron chi connectivity index (χ1n) is 6.90. The third-order valence-corrected chi connectivity index (χ3v) is 5.72. The number of nitrogens with one attached hydrogen (secondary N) is 1. The molecule has 0 spiro atoms. The van der Waals surface area contributed by atoms with E-state index in [1.54, 1.807) is 0 Å². The van der Waals surface area contributed by atoms with Gasteiger partial charge < -0.3 is 0 Å². The highest BCUT2D eigenvalue weighted by atomic mass is 32.2. The van der Waals surface area contributed by atoms with Gasteiger partial charge in [-0.15, -0.1) is 11.3 Å². The molecule has 0 amide bonds. The van der Waals surface area contributed by atoms with Crippen molar-refractivity contribution in [2.45, 2.75) is 33.2 Å². The van der Waals surface area contributed by atoms with Gasteiger partial charge in [0.15, 0.2) is 0 Å². The molecular formula is C15H20N2O2S2. The maximum Gasteiger partial charge on any atom is 0.211 e. The smallest absolute Gasteiger partial charge is 0.211 e. The van der Waals surface area contributed by atoms with Gasteiger partial charge >= 0.3 is 0 Å². The lowest BCUT2D eigenvalue weighted by molar-refractivity contribution is 0.578. The van der Waals surface area contributed by atoms with Crippen molar-refractivity contribution in [2.24, 2.45) is 0 Å². The van der Waals surface area contributed by atoms with E-state index in [4.69, 9.17) is 0 Å². The van der Waals surface area contributed by atoms with E-state index in [0.29, 0.717) is 6.42 Å². The molecule has 0 unspecified atom stereocenters. The lowest BCUT2D eigenvalue weighted by Crippen LogP contribution is -2.26. The molecule has 114 valence electrons. The molecule has 2 aromatic rings. The molecule has 0 aliphatic rings. The van der Waals surface area contributed by atoms with Crippen molar-refractivity contribution in [2.75, 3.05) is 5.75 Å². The fourth-order valence-electron chi connectivity index (χ4n) is 1.97. The van der Waals surface area contributed by atoms with Gasteiger partial charge in [0.1, 0.15) is 5.01 Å². The predicted molar refractivity (Wildman–Crippen MR) is 87.0 cm³/mol. The maximum absolute atomic E-state index is 12.0. The van der Waals surface area contributed by atoms with Crippen LogP contribution >= 0.6 is 11.3 Å². The van der Waals surface area contributed by atoms with Gasteiger partial charge in [0, 0.05) is 4.88 Å². The second kappa shape index (κ2) is 7.15. The van der Waals surface area contributed by atoms with E-state index < -0.39 is 10.0 Å². The summed E-state index contributed by atoms with van der Waals surface area (Å²) in [5.74, 6) is 0.144. The van der Waals surface area contributed by atoms with Crippen LogP contribution in [-0.2, 0) is 23.0 Å². The van der Waals surface area contributed by atoms with E-state index in [0.717, 1.165) is 22.0 Å². The maximum atomic E-state index is 12.0. The molecule has 1 N–H and O–H groups in total. The van der Waals surface area contributed by atoms with E-state index in [1.165, 1.54) is 16.9 Å². The zero-order valence-corrected chi connectivity index (χ0v) is 13.9. The molecule has 4 nitrogen and oxygen atoms in total. The van der Waals surface area contributed by atoms with Gasteiger partial charge in [-0.2, -0.15) is 0 Å². The molecular weight excluding hydrogens is 304 g/mol. The third-order valence-electron chi connectivity index (χ3n) is 3.24. The van der Waals surface area contributed by atoms with Gasteiger partial charge in [-0.25, -0.2) is 18.1 Å². The highest BCUT2D eigenvalue weighted by Gasteiger charge is 2.11. The Kier molecular flexibility index (Phi) is 5.50. The Labute approximate surface area is 130 Å². The van der Waals surface area contributed by atoms with Crippen molar-refractivity contribution < 1.29 is 8.42 Å². The molecule has 0 radical (unpaired) electrons. The molecule has 2 rings (SSSR count). The van der Waals surface area contributed by atoms with Crippen LogP contribution in [0.1, 0.15) is 27.6 Å². The van der Waals surface area contributed by atoms with Crippen LogP contribution in [0.2, 0.25) is 0 Å². The van der Waals surface area contributed by atoms with E-state index in [2.05, 4.69) is 9.71 Å². The number of thiazole rings is 1. The second-order valence-corrected chi connectivity index (χ2v) is 8.19. The van der Waals surface area contributed by atoms with Crippen molar-refractivity contribution in [1.82, 2.24) is 9.71 Å². The number of sulfonamides is 1. The SMILES string of the molecule is Cc1nc(CNS(=O)(=O)CCCc2ccccc2)sc1C. The van der Waals surface area contributed by atoms with Crippen LogP contribution in [0.25, 0.3) is 0 Å². The fraction of sp³-hybridized carbons (Fsp3) is 0.400. The summed E-state index contributed by atoms with van der Waals surface area (Å²) in [6.45, 7) is 4.21. The Bertz CT molecular complexity index is 659. The minimum atomic E-state index is -3.24. The number of rotatable bonds is 7. The van der Waals surface area contributed by atoms with Crippen LogP contribution in [0.3, 0.4) is 0 Å². The van der Waals surface area contributed by atoms with Crippen LogP contribution < -0.4 is 4.72 Å². The van der Waals surface area contributed by atoms with Crippen molar-refractivity contribution in [3.05, 3.63) is 51.5 Å². The van der Waals surface area contributed by atoms with Gasteiger partial charge in [-0.05, 0) is 32.3 Å². The second-order valence-electron chi connectivity index (χ2n) is 4.98. The molecule has 0 atom stereocenters. The summed E-state index contributed by atoms with van der Waals surface area (Å²) >= 11 is 1.54. The Hall–Kier alpha value is -1.24. The molecule has 0 saturated carbocycles. The predicted octanol–water partition coefficient (Wildman–Crippen LogP) is 2.81. The van der Waals surface area contributed by atoms with Crippen LogP contribution in [0.5, 0.6) is 0 Å². The normalized spacial score (nSPS) is 11.7. The molecule has 0 aliphatic carbocycles. The molecule has 0 saturated heterocycles. The Balaban J connectivity index is 1.79. The lowest BCUT2D eigenvalue weighted by Gasteiger charge is -2.05. The highest BCUT2D eigenvalue weighted by molar-refractivity contribution is 7.89. The minimum absolute atomic E-state index is 0.144. The number of aryl methyl sites for hydroxylation is 3. The third kappa shape index (κ3) is 5.22. The van der Waals surface area contributed by atoms with E-state index in [-0.39, 0.29) is 12.3 Å². The summed E-state index contributed by atoms with van der Waals surface area (Å²) in [6, 6.07) is 9.92. The number of nitrogens with zero attached hydrogens (tertiary/aromatic N) is 1. The monoisotopic (exact) mass is 324 g/mol. The van der Waals surface area contributed by atoms with Gasteiger partial charge in [0.25, 0.3) is 0 Å². The molecule has 21 heavy (non-hydrogen) atoms. The quantitative estimate of drug-likeness (QED) is 0.852.